The molecular formula is C12H23ClFN. The summed E-state index contributed by atoms with van der Waals surface area (Å²) in [6.07, 6.45) is 7.85. The van der Waals surface area contributed by atoms with Gasteiger partial charge in [0.2, 0.25) is 0 Å². The Hall–Kier alpha value is 0.180. The predicted molar refractivity (Wildman–Crippen MR) is 64.4 cm³/mol. The van der Waals surface area contributed by atoms with Gasteiger partial charge in [-0.15, -0.1) is 12.4 Å². The highest BCUT2D eigenvalue weighted by molar-refractivity contribution is 5.85. The van der Waals surface area contributed by atoms with Crippen molar-refractivity contribution in [3.05, 3.63) is 0 Å². The molecule has 1 N–H and O–H groups in total. The molecule has 90 valence electrons. The summed E-state index contributed by atoms with van der Waals surface area (Å²) < 4.78 is 13.8. The van der Waals surface area contributed by atoms with E-state index in [1.54, 1.807) is 0 Å². The molecule has 1 nitrogen and oxygen atoms in total. The molecule has 1 aliphatic heterocycles. The van der Waals surface area contributed by atoms with Crippen LogP contribution in [0.25, 0.3) is 0 Å². The van der Waals surface area contributed by atoms with Crippen molar-refractivity contribution >= 4 is 12.4 Å². The molecule has 0 amide bonds. The van der Waals surface area contributed by atoms with Crippen LogP contribution >= 0.6 is 12.4 Å². The van der Waals surface area contributed by atoms with Crippen LogP contribution < -0.4 is 5.32 Å². The molecule has 3 heteroatoms. The quantitative estimate of drug-likeness (QED) is 0.687. The summed E-state index contributed by atoms with van der Waals surface area (Å²) in [5.41, 5.74) is -0.204. The maximum absolute atomic E-state index is 13.8. The van der Waals surface area contributed by atoms with E-state index in [4.69, 9.17) is 0 Å². The molecular weight excluding hydrogens is 213 g/mol. The smallest absolute Gasteiger partial charge is 0.119 e. The Kier molecular flexibility index (Phi) is 4.85. The summed E-state index contributed by atoms with van der Waals surface area (Å²) in [7, 11) is 0. The largest absolute Gasteiger partial charge is 0.309 e. The highest BCUT2D eigenvalue weighted by Gasteiger charge is 2.44. The SMILES string of the molecule is CC1(C2CCCCCC2)NCCC1F.Cl. The van der Waals surface area contributed by atoms with Crippen molar-refractivity contribution in [3.63, 3.8) is 0 Å². The van der Waals surface area contributed by atoms with Crippen LogP contribution in [-0.2, 0) is 0 Å². The summed E-state index contributed by atoms with van der Waals surface area (Å²) in [6.45, 7) is 2.97. The fraction of sp³-hybridized carbons (Fsp3) is 1.00. The van der Waals surface area contributed by atoms with Crippen LogP contribution in [0.5, 0.6) is 0 Å². The molecule has 0 aromatic carbocycles. The lowest BCUT2D eigenvalue weighted by Crippen LogP contribution is -2.49. The zero-order valence-electron chi connectivity index (χ0n) is 9.60. The lowest BCUT2D eigenvalue weighted by molar-refractivity contribution is 0.134. The number of hydrogen-bond donors (Lipinski definition) is 1. The van der Waals surface area contributed by atoms with Crippen LogP contribution in [0.4, 0.5) is 4.39 Å². The lowest BCUT2D eigenvalue weighted by Gasteiger charge is -2.35. The fourth-order valence-electron chi connectivity index (χ4n) is 3.16. The third-order valence-electron chi connectivity index (χ3n) is 4.26. The van der Waals surface area contributed by atoms with Gasteiger partial charge in [-0.05, 0) is 38.6 Å². The molecule has 2 rings (SSSR count). The van der Waals surface area contributed by atoms with Gasteiger partial charge in [-0.25, -0.2) is 4.39 Å². The molecule has 0 radical (unpaired) electrons. The average Bonchev–Trinajstić information content (AvgIpc) is 2.47. The second-order valence-corrected chi connectivity index (χ2v) is 5.15. The lowest BCUT2D eigenvalue weighted by atomic mass is 9.78. The van der Waals surface area contributed by atoms with Crippen LogP contribution in [0.2, 0.25) is 0 Å². The van der Waals surface area contributed by atoms with Crippen LogP contribution in [0.15, 0.2) is 0 Å². The molecule has 1 aliphatic carbocycles. The molecule has 2 aliphatic rings. The van der Waals surface area contributed by atoms with Gasteiger partial charge >= 0.3 is 0 Å². The maximum atomic E-state index is 13.8. The summed E-state index contributed by atoms with van der Waals surface area (Å²) in [6, 6.07) is 0. The minimum Gasteiger partial charge on any atom is -0.309 e. The van der Waals surface area contributed by atoms with Crippen LogP contribution in [-0.4, -0.2) is 18.3 Å². The van der Waals surface area contributed by atoms with Crippen LogP contribution in [0.3, 0.4) is 0 Å². The molecule has 2 atom stereocenters. The number of halogens is 2. The minimum absolute atomic E-state index is 0. The van der Waals surface area contributed by atoms with Crippen molar-refractivity contribution in [2.24, 2.45) is 5.92 Å². The van der Waals surface area contributed by atoms with E-state index in [1.165, 1.54) is 38.5 Å². The van der Waals surface area contributed by atoms with Crippen molar-refractivity contribution < 1.29 is 4.39 Å². The number of hydrogen-bond acceptors (Lipinski definition) is 1. The Morgan fingerprint density at radius 3 is 2.13 bits per heavy atom. The van der Waals surface area contributed by atoms with Gasteiger partial charge in [-0.3, -0.25) is 0 Å². The van der Waals surface area contributed by atoms with Gasteiger partial charge in [0.1, 0.15) is 6.17 Å². The second kappa shape index (κ2) is 5.49. The van der Waals surface area contributed by atoms with E-state index in [0.717, 1.165) is 6.54 Å². The average molecular weight is 236 g/mol. The molecule has 1 heterocycles. The normalized spacial score (nSPS) is 38.4. The Morgan fingerprint density at radius 2 is 1.67 bits per heavy atom. The van der Waals surface area contributed by atoms with Gasteiger partial charge in [0.15, 0.2) is 0 Å². The summed E-state index contributed by atoms with van der Waals surface area (Å²) >= 11 is 0. The predicted octanol–water partition coefficient (Wildman–Crippen LogP) is 3.47. The van der Waals surface area contributed by atoms with E-state index in [2.05, 4.69) is 12.2 Å². The van der Waals surface area contributed by atoms with Crippen LogP contribution in [0.1, 0.15) is 51.9 Å². The van der Waals surface area contributed by atoms with Gasteiger partial charge in [-0.2, -0.15) is 0 Å². The summed E-state index contributed by atoms with van der Waals surface area (Å²) in [5, 5.41) is 3.41. The Balaban J connectivity index is 0.00000112. The minimum atomic E-state index is -0.620. The molecule has 0 aromatic heterocycles. The van der Waals surface area contributed by atoms with Crippen molar-refractivity contribution in [1.29, 1.82) is 0 Å². The van der Waals surface area contributed by atoms with Gasteiger partial charge in [-0.1, -0.05) is 25.7 Å². The monoisotopic (exact) mass is 235 g/mol. The first-order valence-electron chi connectivity index (χ1n) is 6.12. The van der Waals surface area contributed by atoms with Gasteiger partial charge in [0.25, 0.3) is 0 Å². The van der Waals surface area contributed by atoms with Gasteiger partial charge in [0.05, 0.1) is 0 Å². The van der Waals surface area contributed by atoms with E-state index in [9.17, 15) is 4.39 Å². The van der Waals surface area contributed by atoms with Crippen LogP contribution in [0, 0.1) is 5.92 Å². The zero-order valence-corrected chi connectivity index (χ0v) is 10.4. The molecule has 0 spiro atoms. The first-order valence-corrected chi connectivity index (χ1v) is 6.12. The topological polar surface area (TPSA) is 12.0 Å². The van der Waals surface area contributed by atoms with E-state index in [1.807, 2.05) is 0 Å². The molecule has 0 aromatic rings. The molecule has 1 saturated carbocycles. The third kappa shape index (κ3) is 2.65. The first kappa shape index (κ1) is 13.2. The van der Waals surface area contributed by atoms with E-state index < -0.39 is 6.17 Å². The highest BCUT2D eigenvalue weighted by Crippen LogP contribution is 2.38. The number of rotatable bonds is 1. The van der Waals surface area contributed by atoms with E-state index in [-0.39, 0.29) is 17.9 Å². The molecule has 2 fully saturated rings. The molecule has 15 heavy (non-hydrogen) atoms. The van der Waals surface area contributed by atoms with Gasteiger partial charge in [0, 0.05) is 5.54 Å². The van der Waals surface area contributed by atoms with Gasteiger partial charge < -0.3 is 5.32 Å². The first-order chi connectivity index (χ1) is 6.73. The standard InChI is InChI=1S/C12H22FN.ClH/c1-12(11(13)8-9-14-12)10-6-4-2-3-5-7-10;/h10-11,14H,2-9H2,1H3;1H. The number of nitrogens with one attached hydrogen (secondary N) is 1. The Bertz CT molecular complexity index is 192. The molecule has 2 unspecified atom stereocenters. The zero-order chi connectivity index (χ0) is 10.0. The highest BCUT2D eigenvalue weighted by atomic mass is 35.5. The van der Waals surface area contributed by atoms with Crippen molar-refractivity contribution in [2.75, 3.05) is 6.54 Å². The Labute approximate surface area is 98.6 Å². The molecule has 1 saturated heterocycles. The molecule has 0 bridgehead atoms. The summed E-state index contributed by atoms with van der Waals surface area (Å²) in [5.74, 6) is 0.572. The van der Waals surface area contributed by atoms with Crippen molar-refractivity contribution in [1.82, 2.24) is 5.32 Å². The van der Waals surface area contributed by atoms with Crippen molar-refractivity contribution in [2.45, 2.75) is 63.6 Å². The van der Waals surface area contributed by atoms with Crippen molar-refractivity contribution in [3.8, 4) is 0 Å². The summed E-state index contributed by atoms with van der Waals surface area (Å²) in [4.78, 5) is 0. The second-order valence-electron chi connectivity index (χ2n) is 5.15. The fourth-order valence-corrected chi connectivity index (χ4v) is 3.16. The number of alkyl halides is 1. The Morgan fingerprint density at radius 1 is 1.07 bits per heavy atom. The van der Waals surface area contributed by atoms with E-state index in [0.29, 0.717) is 12.3 Å². The maximum Gasteiger partial charge on any atom is 0.119 e. The third-order valence-corrected chi connectivity index (χ3v) is 4.26. The van der Waals surface area contributed by atoms with E-state index >= 15 is 0 Å².